The fourth-order valence-electron chi connectivity index (χ4n) is 6.90. The van der Waals surface area contributed by atoms with Gasteiger partial charge in [-0.1, -0.05) is 24.8 Å². The van der Waals surface area contributed by atoms with Crippen molar-refractivity contribution in [2.45, 2.75) is 57.5 Å². The van der Waals surface area contributed by atoms with Crippen LogP contribution in [-0.4, -0.2) is 11.2 Å². The number of rotatable bonds is 4. The molecule has 0 aliphatic heterocycles. The van der Waals surface area contributed by atoms with Crippen LogP contribution in [0.25, 0.3) is 0 Å². The minimum absolute atomic E-state index is 0.235. The van der Waals surface area contributed by atoms with Crippen molar-refractivity contribution in [2.75, 3.05) is 0 Å². The number of ether oxygens (including phenoxy) is 1. The summed E-state index contributed by atoms with van der Waals surface area (Å²) < 4.78 is 6.66. The second-order valence-corrected chi connectivity index (χ2v) is 9.08. The molecule has 1 aromatic carbocycles. The topological polar surface area (TPSA) is 29.5 Å². The molecule has 3 saturated carbocycles. The molecule has 0 saturated heterocycles. The largest absolute Gasteiger partial charge is 0.508 e. The van der Waals surface area contributed by atoms with Crippen molar-refractivity contribution in [2.24, 2.45) is 23.2 Å². The highest BCUT2D eigenvalue weighted by Gasteiger charge is 2.68. The van der Waals surface area contributed by atoms with Crippen LogP contribution in [0.2, 0.25) is 0 Å². The van der Waals surface area contributed by atoms with Crippen molar-refractivity contribution < 1.29 is 9.84 Å². The average molecular weight is 363 g/mol. The normalized spacial score (nSPS) is 39.3. The SMILES string of the molecule is C=C/C=C\C(=C/C)O[C@H]1CC23CC2CCC3[C@@H]2CCc3cc(O)ccc3[C@@H]12. The smallest absolute Gasteiger partial charge is 0.115 e. The van der Waals surface area contributed by atoms with Crippen molar-refractivity contribution in [3.63, 3.8) is 0 Å². The molecule has 4 aliphatic carbocycles. The third-order valence-electron chi connectivity index (χ3n) is 8.01. The van der Waals surface area contributed by atoms with Crippen LogP contribution in [-0.2, 0) is 11.2 Å². The highest BCUT2D eigenvalue weighted by atomic mass is 16.5. The Balaban J connectivity index is 1.53. The van der Waals surface area contributed by atoms with Crippen LogP contribution >= 0.6 is 0 Å². The van der Waals surface area contributed by atoms with E-state index in [1.807, 2.05) is 31.2 Å². The zero-order valence-corrected chi connectivity index (χ0v) is 16.2. The van der Waals surface area contributed by atoms with Crippen molar-refractivity contribution in [1.82, 2.24) is 0 Å². The van der Waals surface area contributed by atoms with Gasteiger partial charge in [0, 0.05) is 5.92 Å². The van der Waals surface area contributed by atoms with Crippen molar-refractivity contribution in [1.29, 1.82) is 0 Å². The molecule has 0 bridgehead atoms. The van der Waals surface area contributed by atoms with E-state index < -0.39 is 0 Å². The Morgan fingerprint density at radius 1 is 1.26 bits per heavy atom. The van der Waals surface area contributed by atoms with Gasteiger partial charge in [0.15, 0.2) is 0 Å². The maximum absolute atomic E-state index is 9.97. The first-order valence-corrected chi connectivity index (χ1v) is 10.6. The van der Waals surface area contributed by atoms with Crippen molar-refractivity contribution in [3.05, 3.63) is 66.0 Å². The molecule has 1 N–H and O–H groups in total. The molecule has 0 heterocycles. The van der Waals surface area contributed by atoms with E-state index in [0.29, 0.717) is 17.1 Å². The minimum atomic E-state index is 0.235. The number of aromatic hydroxyl groups is 1. The first-order chi connectivity index (χ1) is 13.2. The molecule has 27 heavy (non-hydrogen) atoms. The van der Waals surface area contributed by atoms with Gasteiger partial charge in [-0.2, -0.15) is 0 Å². The van der Waals surface area contributed by atoms with Gasteiger partial charge in [-0.25, -0.2) is 0 Å². The molecular formula is C25H30O2. The molecule has 5 rings (SSSR count). The molecule has 0 aromatic heterocycles. The average Bonchev–Trinajstić information content (AvgIpc) is 3.25. The maximum atomic E-state index is 9.97. The van der Waals surface area contributed by atoms with Gasteiger partial charge in [-0.15, -0.1) is 0 Å². The van der Waals surface area contributed by atoms with Crippen LogP contribution in [0.5, 0.6) is 5.75 Å². The highest BCUT2D eigenvalue weighted by Crippen LogP contribution is 2.75. The monoisotopic (exact) mass is 362 g/mol. The lowest BCUT2D eigenvalue weighted by Crippen LogP contribution is -2.45. The Morgan fingerprint density at radius 2 is 2.15 bits per heavy atom. The number of hydrogen-bond donors (Lipinski definition) is 1. The molecule has 4 aliphatic rings. The van der Waals surface area contributed by atoms with Gasteiger partial charge in [0.05, 0.1) is 0 Å². The van der Waals surface area contributed by atoms with Gasteiger partial charge in [0.1, 0.15) is 17.6 Å². The number of hydrogen-bond acceptors (Lipinski definition) is 2. The van der Waals surface area contributed by atoms with Gasteiger partial charge in [-0.05, 0) is 104 Å². The van der Waals surface area contributed by atoms with Gasteiger partial charge in [0.25, 0.3) is 0 Å². The number of phenols is 1. The number of fused-ring (bicyclic) bond motifs is 4. The van der Waals surface area contributed by atoms with Gasteiger partial charge in [0.2, 0.25) is 0 Å². The number of aryl methyl sites for hydroxylation is 1. The summed E-state index contributed by atoms with van der Waals surface area (Å²) in [5, 5.41) is 9.97. The Hall–Kier alpha value is -1.96. The van der Waals surface area contributed by atoms with E-state index in [0.717, 1.165) is 29.9 Å². The predicted molar refractivity (Wildman–Crippen MR) is 109 cm³/mol. The first kappa shape index (κ1) is 17.2. The summed E-state index contributed by atoms with van der Waals surface area (Å²) in [5.41, 5.74) is 3.33. The van der Waals surface area contributed by atoms with Crippen molar-refractivity contribution >= 4 is 0 Å². The highest BCUT2D eigenvalue weighted by molar-refractivity contribution is 5.41. The summed E-state index contributed by atoms with van der Waals surface area (Å²) in [4.78, 5) is 0. The van der Waals surface area contributed by atoms with Crippen molar-refractivity contribution in [3.8, 4) is 5.75 Å². The second-order valence-electron chi connectivity index (χ2n) is 9.08. The van der Waals surface area contributed by atoms with Crippen LogP contribution in [0.4, 0.5) is 0 Å². The van der Waals surface area contributed by atoms with E-state index in [-0.39, 0.29) is 6.10 Å². The third kappa shape index (κ3) is 2.60. The number of allylic oxidation sites excluding steroid dienone is 4. The molecule has 0 radical (unpaired) electrons. The second kappa shape index (κ2) is 6.29. The predicted octanol–water partition coefficient (Wildman–Crippen LogP) is 5.89. The van der Waals surface area contributed by atoms with Gasteiger partial charge < -0.3 is 9.84 Å². The van der Waals surface area contributed by atoms with E-state index in [2.05, 4.69) is 18.7 Å². The molecule has 1 spiro atoms. The summed E-state index contributed by atoms with van der Waals surface area (Å²) in [6.07, 6.45) is 15.9. The Bertz CT molecular complexity index is 820. The molecule has 3 fully saturated rings. The van der Waals surface area contributed by atoms with Crippen LogP contribution in [0.1, 0.15) is 56.1 Å². The van der Waals surface area contributed by atoms with E-state index in [4.69, 9.17) is 4.74 Å². The van der Waals surface area contributed by atoms with Gasteiger partial charge in [-0.3, -0.25) is 0 Å². The van der Waals surface area contributed by atoms with Crippen LogP contribution in [0, 0.1) is 23.2 Å². The number of benzene rings is 1. The lowest BCUT2D eigenvalue weighted by Gasteiger charge is -2.49. The Morgan fingerprint density at radius 3 is 2.93 bits per heavy atom. The summed E-state index contributed by atoms with van der Waals surface area (Å²) in [6, 6.07) is 6.02. The summed E-state index contributed by atoms with van der Waals surface area (Å²) in [6.45, 7) is 5.83. The van der Waals surface area contributed by atoms with Gasteiger partial charge >= 0.3 is 0 Å². The molecule has 6 atom stereocenters. The first-order valence-electron chi connectivity index (χ1n) is 10.6. The standard InChI is InChI=1S/C25H30O2/c1-3-5-6-19(4-2)27-23-15-25-14-17(25)8-12-22(25)21-10-7-16-13-18(26)9-11-20(16)24(21)23/h3-6,9,11,13,17,21-24,26H,1,7-8,10,12,14-15H2,2H3/b6-5-,19-4+/t17?,21-,22?,23-,24+,25?/m0/s1. The van der Waals surface area contributed by atoms with Crippen LogP contribution in [0.3, 0.4) is 0 Å². The molecular weight excluding hydrogens is 332 g/mol. The zero-order chi connectivity index (χ0) is 18.6. The summed E-state index contributed by atoms with van der Waals surface area (Å²) in [7, 11) is 0. The van der Waals surface area contributed by atoms with E-state index in [1.165, 1.54) is 43.2 Å². The van der Waals surface area contributed by atoms with E-state index >= 15 is 0 Å². The maximum Gasteiger partial charge on any atom is 0.115 e. The quantitative estimate of drug-likeness (QED) is 0.534. The lowest BCUT2D eigenvalue weighted by molar-refractivity contribution is -0.0259. The Labute approximate surface area is 162 Å². The molecule has 0 amide bonds. The lowest BCUT2D eigenvalue weighted by atomic mass is 9.57. The molecule has 142 valence electrons. The molecule has 2 nitrogen and oxygen atoms in total. The molecule has 3 unspecified atom stereocenters. The van der Waals surface area contributed by atoms with E-state index in [9.17, 15) is 5.11 Å². The summed E-state index contributed by atoms with van der Waals surface area (Å²) in [5.74, 6) is 4.37. The Kier molecular flexibility index (Phi) is 4.00. The van der Waals surface area contributed by atoms with Crippen LogP contribution in [0.15, 0.2) is 54.8 Å². The minimum Gasteiger partial charge on any atom is -0.508 e. The van der Waals surface area contributed by atoms with E-state index in [1.54, 1.807) is 6.08 Å². The number of phenolic OH excluding ortho intramolecular Hbond substituents is 1. The van der Waals surface area contributed by atoms with Crippen LogP contribution < -0.4 is 0 Å². The molecule has 1 aromatic rings. The third-order valence-corrected chi connectivity index (χ3v) is 8.01. The zero-order valence-electron chi connectivity index (χ0n) is 16.2. The fourth-order valence-corrected chi connectivity index (χ4v) is 6.90. The molecule has 2 heteroatoms. The summed E-state index contributed by atoms with van der Waals surface area (Å²) >= 11 is 0. The fraction of sp³-hybridized carbons (Fsp3) is 0.520.